The summed E-state index contributed by atoms with van der Waals surface area (Å²) >= 11 is 12.6. The van der Waals surface area contributed by atoms with Gasteiger partial charge < -0.3 is 5.11 Å². The molecule has 0 fully saturated rings. The number of carbonyl (C=O) groups is 2. The normalized spacial score (nSPS) is 18.4. The van der Waals surface area contributed by atoms with Gasteiger partial charge in [0, 0.05) is 28.5 Å². The number of phenols is 1. The van der Waals surface area contributed by atoms with E-state index in [-0.39, 0.29) is 36.1 Å². The number of phenolic OH excluding ortho intramolecular Hbond substituents is 1. The van der Waals surface area contributed by atoms with Gasteiger partial charge in [-0.3, -0.25) is 14.6 Å². The molecule has 6 heteroatoms. The topological polar surface area (TPSA) is 66.7 Å². The number of benzene rings is 2. The van der Waals surface area contributed by atoms with Crippen molar-refractivity contribution in [2.75, 3.05) is 0 Å². The molecule has 1 unspecified atom stereocenters. The third-order valence-electron chi connectivity index (χ3n) is 5.58. The van der Waals surface area contributed by atoms with Gasteiger partial charge in [0.15, 0.2) is 11.6 Å². The van der Waals surface area contributed by atoms with E-state index < -0.39 is 5.54 Å². The quantitative estimate of drug-likeness (QED) is 0.370. The maximum Gasteiger partial charge on any atom is 0.179 e. The number of nitrogens with zero attached hydrogens (tertiary/aromatic N) is 1. The van der Waals surface area contributed by atoms with E-state index in [0.29, 0.717) is 45.3 Å². The lowest BCUT2D eigenvalue weighted by Crippen LogP contribution is -2.24. The summed E-state index contributed by atoms with van der Waals surface area (Å²) in [4.78, 5) is 30.5. The molecule has 0 saturated carbocycles. The molecule has 0 amide bonds. The second kappa shape index (κ2) is 9.37. The first-order valence-corrected chi connectivity index (χ1v) is 11.0. The molecule has 2 aromatic carbocycles. The lowest BCUT2D eigenvalue weighted by molar-refractivity contribution is -0.113. The van der Waals surface area contributed by atoms with E-state index in [2.05, 4.69) is 6.58 Å². The van der Waals surface area contributed by atoms with E-state index in [1.807, 2.05) is 13.8 Å². The van der Waals surface area contributed by atoms with Gasteiger partial charge in [0.25, 0.3) is 0 Å². The van der Waals surface area contributed by atoms with Crippen LogP contribution < -0.4 is 0 Å². The lowest BCUT2D eigenvalue weighted by atomic mass is 9.82. The molecule has 4 nitrogen and oxygen atoms in total. The molecule has 31 heavy (non-hydrogen) atoms. The van der Waals surface area contributed by atoms with Gasteiger partial charge in [-0.05, 0) is 60.2 Å². The predicted octanol–water partition coefficient (Wildman–Crippen LogP) is 6.36. The fourth-order valence-electron chi connectivity index (χ4n) is 3.98. The molecule has 1 N–H and O–H groups in total. The zero-order valence-electron chi connectivity index (χ0n) is 17.6. The van der Waals surface area contributed by atoms with Gasteiger partial charge in [-0.25, -0.2) is 0 Å². The van der Waals surface area contributed by atoms with Crippen LogP contribution in [0.4, 0.5) is 0 Å². The highest BCUT2D eigenvalue weighted by Crippen LogP contribution is 2.44. The fourth-order valence-corrected chi connectivity index (χ4v) is 4.57. The summed E-state index contributed by atoms with van der Waals surface area (Å²) < 4.78 is 0. The van der Waals surface area contributed by atoms with Gasteiger partial charge in [0.1, 0.15) is 5.75 Å². The molecule has 0 radical (unpaired) electrons. The molecule has 0 saturated heterocycles. The van der Waals surface area contributed by atoms with Crippen LogP contribution >= 0.6 is 23.2 Å². The number of rotatable bonds is 8. The minimum atomic E-state index is -0.894. The van der Waals surface area contributed by atoms with Crippen LogP contribution in [0.3, 0.4) is 0 Å². The van der Waals surface area contributed by atoms with Crippen molar-refractivity contribution in [3.05, 3.63) is 75.8 Å². The standard InChI is InChI=1S/C25H25Cl2NO3/c1-4-5-16-12-17(6-9-21(16)29)22(30)10-11-25(14-23(31)24(28-25)15(2)3)19-8-7-18(26)13-20(19)27/h4,6-9,12-13,15,29H,1,5,10-11,14H2,2-3H3. The first-order valence-electron chi connectivity index (χ1n) is 10.2. The van der Waals surface area contributed by atoms with Crippen LogP contribution in [0.15, 0.2) is 54.0 Å². The third-order valence-corrected chi connectivity index (χ3v) is 6.13. The molecule has 0 spiro atoms. The van der Waals surface area contributed by atoms with Crippen LogP contribution in [-0.4, -0.2) is 22.4 Å². The highest BCUT2D eigenvalue weighted by molar-refractivity contribution is 6.42. The number of Topliss-reactive ketones (excluding diaryl/α,β-unsaturated/α-hetero) is 2. The molecule has 1 aliphatic heterocycles. The minimum Gasteiger partial charge on any atom is -0.508 e. The number of ketones is 2. The molecule has 1 atom stereocenters. The first-order chi connectivity index (χ1) is 14.7. The van der Waals surface area contributed by atoms with Gasteiger partial charge in [0.05, 0.1) is 11.3 Å². The van der Waals surface area contributed by atoms with Crippen LogP contribution in [0, 0.1) is 5.92 Å². The summed E-state index contributed by atoms with van der Waals surface area (Å²) in [6, 6.07) is 9.96. The second-order valence-corrected chi connectivity index (χ2v) is 9.01. The number of aromatic hydroxyl groups is 1. The third kappa shape index (κ3) is 4.91. The summed E-state index contributed by atoms with van der Waals surface area (Å²) in [5.41, 5.74) is 1.48. The van der Waals surface area contributed by atoms with Crippen molar-refractivity contribution < 1.29 is 14.7 Å². The van der Waals surface area contributed by atoms with Gasteiger partial charge in [-0.2, -0.15) is 0 Å². The lowest BCUT2D eigenvalue weighted by Gasteiger charge is -2.27. The van der Waals surface area contributed by atoms with E-state index in [1.54, 1.807) is 36.4 Å². The number of carbonyl (C=O) groups excluding carboxylic acids is 2. The Labute approximate surface area is 192 Å². The van der Waals surface area contributed by atoms with Crippen molar-refractivity contribution in [3.63, 3.8) is 0 Å². The first kappa shape index (κ1) is 23.2. The van der Waals surface area contributed by atoms with Crippen LogP contribution in [0.1, 0.15) is 54.6 Å². The van der Waals surface area contributed by atoms with Crippen LogP contribution in [0.2, 0.25) is 10.0 Å². The van der Waals surface area contributed by atoms with Crippen molar-refractivity contribution in [3.8, 4) is 5.75 Å². The van der Waals surface area contributed by atoms with Crippen molar-refractivity contribution in [1.82, 2.24) is 0 Å². The van der Waals surface area contributed by atoms with E-state index in [0.717, 1.165) is 0 Å². The monoisotopic (exact) mass is 457 g/mol. The molecular weight excluding hydrogens is 433 g/mol. The number of halogens is 2. The average molecular weight is 458 g/mol. The molecule has 3 rings (SSSR count). The average Bonchev–Trinajstić information content (AvgIpc) is 3.05. The predicted molar refractivity (Wildman–Crippen MR) is 126 cm³/mol. The number of allylic oxidation sites excluding steroid dienone is 1. The molecule has 2 aromatic rings. The highest BCUT2D eigenvalue weighted by Gasteiger charge is 2.43. The Balaban J connectivity index is 1.94. The molecule has 162 valence electrons. The number of aliphatic imine (C=N–C) groups is 1. The van der Waals surface area contributed by atoms with Gasteiger partial charge in [-0.15, -0.1) is 6.58 Å². The second-order valence-electron chi connectivity index (χ2n) is 8.17. The van der Waals surface area contributed by atoms with Crippen molar-refractivity contribution >= 4 is 40.5 Å². The van der Waals surface area contributed by atoms with Gasteiger partial charge in [-0.1, -0.05) is 49.2 Å². The van der Waals surface area contributed by atoms with Crippen molar-refractivity contribution in [2.45, 2.75) is 45.1 Å². The van der Waals surface area contributed by atoms with E-state index >= 15 is 0 Å². The summed E-state index contributed by atoms with van der Waals surface area (Å²) in [5.74, 6) is 0.00457. The Hall–Kier alpha value is -2.43. The SMILES string of the molecule is C=CCc1cc(C(=O)CCC2(c3ccc(Cl)cc3Cl)CC(=O)C(C(C)C)=N2)ccc1O. The summed E-state index contributed by atoms with van der Waals surface area (Å²) in [7, 11) is 0. The zero-order chi connectivity index (χ0) is 22.8. The maximum atomic E-state index is 13.0. The molecular formula is C25H25Cl2NO3. The van der Waals surface area contributed by atoms with Crippen molar-refractivity contribution in [2.24, 2.45) is 10.9 Å². The fraction of sp³-hybridized carbons (Fsp3) is 0.320. The highest BCUT2D eigenvalue weighted by atomic mass is 35.5. The Morgan fingerprint density at radius 1 is 1.26 bits per heavy atom. The van der Waals surface area contributed by atoms with E-state index in [1.165, 1.54) is 6.07 Å². The summed E-state index contributed by atoms with van der Waals surface area (Å²) in [6.45, 7) is 7.54. The number of hydrogen-bond acceptors (Lipinski definition) is 4. The van der Waals surface area contributed by atoms with Gasteiger partial charge in [0.2, 0.25) is 0 Å². The Morgan fingerprint density at radius 2 is 2.00 bits per heavy atom. The summed E-state index contributed by atoms with van der Waals surface area (Å²) in [5, 5.41) is 10.9. The Bertz CT molecular complexity index is 1070. The summed E-state index contributed by atoms with van der Waals surface area (Å²) in [6.07, 6.45) is 2.83. The minimum absolute atomic E-state index is 0.0188. The largest absolute Gasteiger partial charge is 0.508 e. The van der Waals surface area contributed by atoms with Gasteiger partial charge >= 0.3 is 0 Å². The number of hydrogen-bond donors (Lipinski definition) is 1. The van der Waals surface area contributed by atoms with Crippen molar-refractivity contribution in [1.29, 1.82) is 0 Å². The molecule has 1 aliphatic rings. The Kier molecular flexibility index (Phi) is 7.03. The Morgan fingerprint density at radius 3 is 2.61 bits per heavy atom. The smallest absolute Gasteiger partial charge is 0.179 e. The van der Waals surface area contributed by atoms with Crippen LogP contribution in [-0.2, 0) is 16.8 Å². The van der Waals surface area contributed by atoms with E-state index in [4.69, 9.17) is 28.2 Å². The molecule has 1 heterocycles. The van der Waals surface area contributed by atoms with Crippen LogP contribution in [0.5, 0.6) is 5.75 Å². The zero-order valence-corrected chi connectivity index (χ0v) is 19.1. The molecule has 0 aromatic heterocycles. The van der Waals surface area contributed by atoms with E-state index in [9.17, 15) is 14.7 Å². The molecule has 0 aliphatic carbocycles. The maximum absolute atomic E-state index is 13.0. The van der Waals surface area contributed by atoms with Crippen LogP contribution in [0.25, 0.3) is 0 Å². The molecule has 0 bridgehead atoms.